The number of benzene rings is 1. The second kappa shape index (κ2) is 5.56. The highest BCUT2D eigenvalue weighted by Gasteiger charge is 2.13. The molecule has 0 atom stereocenters. The van der Waals surface area contributed by atoms with Crippen LogP contribution >= 0.6 is 0 Å². The van der Waals surface area contributed by atoms with Crippen molar-refractivity contribution in [2.45, 2.75) is 20.8 Å². The van der Waals surface area contributed by atoms with Crippen molar-refractivity contribution in [3.8, 4) is 0 Å². The van der Waals surface area contributed by atoms with Crippen molar-refractivity contribution >= 4 is 17.5 Å². The molecule has 19 heavy (non-hydrogen) atoms. The highest BCUT2D eigenvalue weighted by molar-refractivity contribution is 6.07. The summed E-state index contributed by atoms with van der Waals surface area (Å²) in [5.74, 6) is 0.137. The van der Waals surface area contributed by atoms with Gasteiger partial charge in [0, 0.05) is 18.3 Å². The Labute approximate surface area is 112 Å². The van der Waals surface area contributed by atoms with Gasteiger partial charge in [0.05, 0.1) is 11.3 Å². The first-order valence-electron chi connectivity index (χ1n) is 6.19. The zero-order valence-electron chi connectivity index (χ0n) is 11.3. The van der Waals surface area contributed by atoms with E-state index in [4.69, 9.17) is 4.52 Å². The smallest absolute Gasteiger partial charge is 0.260 e. The van der Waals surface area contributed by atoms with Crippen molar-refractivity contribution in [1.82, 2.24) is 5.16 Å². The van der Waals surface area contributed by atoms with E-state index < -0.39 is 0 Å². The number of anilines is 2. The first kappa shape index (κ1) is 13.1. The molecule has 0 fully saturated rings. The van der Waals surface area contributed by atoms with E-state index >= 15 is 0 Å². The number of carbonyl (C=O) groups excluding carboxylic acids is 1. The summed E-state index contributed by atoms with van der Waals surface area (Å²) in [6, 6.07) is 7.33. The Kier molecular flexibility index (Phi) is 3.85. The van der Waals surface area contributed by atoms with Gasteiger partial charge in [0.1, 0.15) is 0 Å². The molecule has 0 unspecified atom stereocenters. The molecule has 0 saturated heterocycles. The molecule has 2 N–H and O–H groups in total. The number of nitrogens with zero attached hydrogens (tertiary/aromatic N) is 1. The molecule has 0 radical (unpaired) electrons. The van der Waals surface area contributed by atoms with Gasteiger partial charge in [-0.15, -0.1) is 0 Å². The van der Waals surface area contributed by atoms with Crippen LogP contribution in [-0.2, 0) is 0 Å². The molecule has 0 aliphatic rings. The van der Waals surface area contributed by atoms with Gasteiger partial charge in [-0.25, -0.2) is 0 Å². The van der Waals surface area contributed by atoms with Gasteiger partial charge in [-0.05, 0) is 38.5 Å². The number of nitrogens with one attached hydrogen (secondary N) is 2. The van der Waals surface area contributed by atoms with E-state index in [0.717, 1.165) is 23.5 Å². The van der Waals surface area contributed by atoms with Gasteiger partial charge in [-0.1, -0.05) is 11.2 Å². The van der Waals surface area contributed by atoms with E-state index in [-0.39, 0.29) is 5.91 Å². The molecule has 0 spiro atoms. The maximum absolute atomic E-state index is 12.2. The van der Waals surface area contributed by atoms with Crippen LogP contribution in [0.4, 0.5) is 11.6 Å². The van der Waals surface area contributed by atoms with E-state index in [1.807, 2.05) is 26.0 Å². The zero-order valence-corrected chi connectivity index (χ0v) is 11.3. The molecule has 1 amide bonds. The van der Waals surface area contributed by atoms with Crippen LogP contribution in [0.15, 0.2) is 28.8 Å². The summed E-state index contributed by atoms with van der Waals surface area (Å²) in [6.07, 6.45) is 0. The third kappa shape index (κ3) is 3.13. The lowest BCUT2D eigenvalue weighted by Gasteiger charge is -2.10. The highest BCUT2D eigenvalue weighted by Crippen LogP contribution is 2.19. The van der Waals surface area contributed by atoms with Crippen LogP contribution in [0.25, 0.3) is 0 Å². The third-order valence-corrected chi connectivity index (χ3v) is 2.65. The Morgan fingerprint density at radius 2 is 2.11 bits per heavy atom. The Bertz CT molecular complexity index is 590. The van der Waals surface area contributed by atoms with E-state index in [0.29, 0.717) is 11.4 Å². The number of hydrogen-bond acceptors (Lipinski definition) is 4. The monoisotopic (exact) mass is 259 g/mol. The molecule has 2 rings (SSSR count). The second-order valence-corrected chi connectivity index (χ2v) is 4.37. The fourth-order valence-electron chi connectivity index (χ4n) is 1.79. The minimum Gasteiger partial charge on any atom is -0.385 e. The predicted molar refractivity (Wildman–Crippen MR) is 74.5 cm³/mol. The van der Waals surface area contributed by atoms with Gasteiger partial charge in [0.2, 0.25) is 5.88 Å². The Morgan fingerprint density at radius 1 is 1.32 bits per heavy atom. The molecule has 0 aliphatic carbocycles. The van der Waals surface area contributed by atoms with Crippen molar-refractivity contribution in [2.75, 3.05) is 17.2 Å². The Hall–Kier alpha value is -2.30. The SMILES string of the molecule is CCNc1cc(C)ccc1C(=O)Nc1cc(C)no1. The molecule has 1 aromatic heterocycles. The van der Waals surface area contributed by atoms with Crippen molar-refractivity contribution < 1.29 is 9.32 Å². The summed E-state index contributed by atoms with van der Waals surface area (Å²) in [6.45, 7) is 6.53. The van der Waals surface area contributed by atoms with E-state index in [1.54, 1.807) is 19.1 Å². The predicted octanol–water partition coefficient (Wildman–Crippen LogP) is 2.98. The van der Waals surface area contributed by atoms with Crippen molar-refractivity contribution in [3.63, 3.8) is 0 Å². The number of aryl methyl sites for hydroxylation is 2. The number of hydrogen-bond donors (Lipinski definition) is 2. The van der Waals surface area contributed by atoms with Crippen LogP contribution in [0.3, 0.4) is 0 Å². The van der Waals surface area contributed by atoms with Crippen LogP contribution in [0.2, 0.25) is 0 Å². The molecular weight excluding hydrogens is 242 g/mol. The second-order valence-electron chi connectivity index (χ2n) is 4.37. The van der Waals surface area contributed by atoms with Crippen LogP contribution in [0, 0.1) is 13.8 Å². The summed E-state index contributed by atoms with van der Waals surface area (Å²) in [4.78, 5) is 12.2. The standard InChI is InChI=1S/C14H17N3O2/c1-4-15-12-7-9(2)5-6-11(12)14(18)16-13-8-10(3)17-19-13/h5-8,15H,4H2,1-3H3,(H,16,18). The molecule has 100 valence electrons. The summed E-state index contributed by atoms with van der Waals surface area (Å²) < 4.78 is 4.98. The lowest BCUT2D eigenvalue weighted by atomic mass is 10.1. The first-order chi connectivity index (χ1) is 9.10. The molecule has 5 heteroatoms. The van der Waals surface area contributed by atoms with Crippen molar-refractivity contribution in [1.29, 1.82) is 0 Å². The van der Waals surface area contributed by atoms with E-state index in [1.165, 1.54) is 0 Å². The number of rotatable bonds is 4. The van der Waals surface area contributed by atoms with Gasteiger partial charge in [0.15, 0.2) is 0 Å². The summed E-state index contributed by atoms with van der Waals surface area (Å²) in [5, 5.41) is 9.60. The maximum atomic E-state index is 12.2. The quantitative estimate of drug-likeness (QED) is 0.885. The molecule has 0 saturated carbocycles. The first-order valence-corrected chi connectivity index (χ1v) is 6.19. The van der Waals surface area contributed by atoms with Crippen LogP contribution in [-0.4, -0.2) is 17.6 Å². The Balaban J connectivity index is 2.23. The normalized spacial score (nSPS) is 10.3. The van der Waals surface area contributed by atoms with Gasteiger partial charge < -0.3 is 9.84 Å². The van der Waals surface area contributed by atoms with E-state index in [9.17, 15) is 4.79 Å². The fraction of sp³-hybridized carbons (Fsp3) is 0.286. The summed E-state index contributed by atoms with van der Waals surface area (Å²) >= 11 is 0. The lowest BCUT2D eigenvalue weighted by molar-refractivity contribution is 0.102. The number of amides is 1. The van der Waals surface area contributed by atoms with Gasteiger partial charge >= 0.3 is 0 Å². The minimum atomic E-state index is -0.216. The lowest BCUT2D eigenvalue weighted by Crippen LogP contribution is -2.14. The van der Waals surface area contributed by atoms with Crippen molar-refractivity contribution in [3.05, 3.63) is 41.1 Å². The van der Waals surface area contributed by atoms with Crippen molar-refractivity contribution in [2.24, 2.45) is 0 Å². The average Bonchev–Trinajstić information content (AvgIpc) is 2.75. The van der Waals surface area contributed by atoms with E-state index in [2.05, 4.69) is 15.8 Å². The van der Waals surface area contributed by atoms with Gasteiger partial charge in [-0.3, -0.25) is 10.1 Å². The summed E-state index contributed by atoms with van der Waals surface area (Å²) in [7, 11) is 0. The third-order valence-electron chi connectivity index (χ3n) is 2.65. The van der Waals surface area contributed by atoms with Crippen LogP contribution in [0.5, 0.6) is 0 Å². The molecule has 1 aromatic carbocycles. The minimum absolute atomic E-state index is 0.216. The highest BCUT2D eigenvalue weighted by atomic mass is 16.5. The Morgan fingerprint density at radius 3 is 2.74 bits per heavy atom. The fourth-order valence-corrected chi connectivity index (χ4v) is 1.79. The molecule has 2 aromatic rings. The molecule has 5 nitrogen and oxygen atoms in total. The van der Waals surface area contributed by atoms with Crippen LogP contribution in [0.1, 0.15) is 28.5 Å². The average molecular weight is 259 g/mol. The zero-order chi connectivity index (χ0) is 13.8. The maximum Gasteiger partial charge on any atom is 0.260 e. The van der Waals surface area contributed by atoms with Gasteiger partial charge in [-0.2, -0.15) is 0 Å². The molecule has 0 aliphatic heterocycles. The molecular formula is C14H17N3O2. The largest absolute Gasteiger partial charge is 0.385 e. The topological polar surface area (TPSA) is 67.2 Å². The number of carbonyl (C=O) groups is 1. The molecule has 0 bridgehead atoms. The number of aromatic nitrogens is 1. The van der Waals surface area contributed by atoms with Gasteiger partial charge in [0.25, 0.3) is 5.91 Å². The molecule has 1 heterocycles. The summed E-state index contributed by atoms with van der Waals surface area (Å²) in [5.41, 5.74) is 3.23. The van der Waals surface area contributed by atoms with Crippen LogP contribution < -0.4 is 10.6 Å².